The Kier molecular flexibility index (Phi) is 1.79. The maximum Gasteiger partial charge on any atom is 0.312 e. The number of primary amides is 1. The average Bonchev–Trinajstić information content (AvgIpc) is 1.91. The summed E-state index contributed by atoms with van der Waals surface area (Å²) < 4.78 is 0. The van der Waals surface area contributed by atoms with Crippen molar-refractivity contribution in [1.29, 1.82) is 0 Å². The minimum atomic E-state index is -0.339. The summed E-state index contributed by atoms with van der Waals surface area (Å²) in [6.45, 7) is 4.79. The third kappa shape index (κ3) is 1.44. The summed E-state index contributed by atoms with van der Waals surface area (Å²) in [7, 11) is 0. The third-order valence-corrected chi connectivity index (χ3v) is 5.01. The number of rotatable bonds is 1. The van der Waals surface area contributed by atoms with E-state index < -0.39 is 0 Å². The predicted octanol–water partition coefficient (Wildman–Crippen LogP) is 2.40. The molecule has 3 N–H and O–H groups in total. The number of nitrogens with two attached hydrogens (primary N) is 1. The van der Waals surface area contributed by atoms with Crippen LogP contribution in [0, 0.1) is 16.7 Å². The predicted molar refractivity (Wildman–Crippen MR) is 62.9 cm³/mol. The number of urea groups is 1. The van der Waals surface area contributed by atoms with Gasteiger partial charge >= 0.3 is 6.03 Å². The fourth-order valence-corrected chi connectivity index (χ4v) is 5.85. The molecule has 4 aliphatic carbocycles. The first-order chi connectivity index (χ1) is 7.32. The zero-order valence-corrected chi connectivity index (χ0v) is 10.3. The summed E-state index contributed by atoms with van der Waals surface area (Å²) >= 11 is 0. The number of carbonyl (C=O) groups excluding carboxylic acids is 1. The first-order valence-corrected chi connectivity index (χ1v) is 6.40. The van der Waals surface area contributed by atoms with E-state index in [0.29, 0.717) is 10.8 Å². The van der Waals surface area contributed by atoms with E-state index in [1.54, 1.807) is 0 Å². The van der Waals surface area contributed by atoms with E-state index in [2.05, 4.69) is 19.2 Å². The molecule has 2 amide bonds. The molecule has 3 unspecified atom stereocenters. The molecule has 0 aliphatic heterocycles. The highest BCUT2D eigenvalue weighted by atomic mass is 16.2. The Hall–Kier alpha value is -0.730. The van der Waals surface area contributed by atoms with E-state index in [9.17, 15) is 4.79 Å². The van der Waals surface area contributed by atoms with Crippen molar-refractivity contribution in [3.63, 3.8) is 0 Å². The van der Waals surface area contributed by atoms with Gasteiger partial charge in [-0.1, -0.05) is 13.8 Å². The Morgan fingerprint density at radius 1 is 1.12 bits per heavy atom. The Morgan fingerprint density at radius 2 is 1.69 bits per heavy atom. The minimum Gasteiger partial charge on any atom is -0.352 e. The monoisotopic (exact) mass is 222 g/mol. The highest BCUT2D eigenvalue weighted by Gasteiger charge is 2.60. The highest BCUT2D eigenvalue weighted by Crippen LogP contribution is 2.66. The van der Waals surface area contributed by atoms with Crippen LogP contribution in [0.15, 0.2) is 0 Å². The van der Waals surface area contributed by atoms with Gasteiger partial charge in [0.25, 0.3) is 0 Å². The van der Waals surface area contributed by atoms with Gasteiger partial charge < -0.3 is 11.1 Å². The zero-order chi connectivity index (χ0) is 11.6. The fraction of sp³-hybridized carbons (Fsp3) is 0.923. The van der Waals surface area contributed by atoms with Gasteiger partial charge in [-0.2, -0.15) is 0 Å². The summed E-state index contributed by atoms with van der Waals surface area (Å²) in [5.74, 6) is 0.804. The summed E-state index contributed by atoms with van der Waals surface area (Å²) in [5.41, 5.74) is 6.25. The Morgan fingerprint density at radius 3 is 2.12 bits per heavy atom. The first kappa shape index (κ1) is 10.4. The van der Waals surface area contributed by atoms with Crippen molar-refractivity contribution >= 4 is 6.03 Å². The zero-order valence-electron chi connectivity index (χ0n) is 10.3. The molecule has 3 heteroatoms. The smallest absolute Gasteiger partial charge is 0.312 e. The average molecular weight is 222 g/mol. The van der Waals surface area contributed by atoms with Crippen LogP contribution in [0.4, 0.5) is 4.79 Å². The molecule has 0 saturated heterocycles. The van der Waals surface area contributed by atoms with Gasteiger partial charge in [0.2, 0.25) is 0 Å². The van der Waals surface area contributed by atoms with E-state index >= 15 is 0 Å². The molecule has 0 aromatic rings. The van der Waals surface area contributed by atoms with E-state index in [1.807, 2.05) is 0 Å². The number of nitrogens with one attached hydrogen (secondary N) is 1. The van der Waals surface area contributed by atoms with Crippen LogP contribution in [0.3, 0.4) is 0 Å². The van der Waals surface area contributed by atoms with Gasteiger partial charge in [0, 0.05) is 5.54 Å². The van der Waals surface area contributed by atoms with E-state index in [0.717, 1.165) is 25.2 Å². The summed E-state index contributed by atoms with van der Waals surface area (Å²) in [4.78, 5) is 11.2. The maximum absolute atomic E-state index is 11.2. The number of hydrogen-bond donors (Lipinski definition) is 2. The molecule has 4 rings (SSSR count). The molecule has 4 fully saturated rings. The van der Waals surface area contributed by atoms with Crippen LogP contribution in [0.5, 0.6) is 0 Å². The molecule has 90 valence electrons. The Bertz CT molecular complexity index is 334. The van der Waals surface area contributed by atoms with Gasteiger partial charge in [-0.3, -0.25) is 0 Å². The lowest BCUT2D eigenvalue weighted by molar-refractivity contribution is -0.113. The lowest BCUT2D eigenvalue weighted by atomic mass is 9.43. The van der Waals surface area contributed by atoms with Crippen molar-refractivity contribution in [2.75, 3.05) is 0 Å². The molecular formula is C13H22N2O. The highest BCUT2D eigenvalue weighted by molar-refractivity contribution is 5.72. The number of amides is 2. The van der Waals surface area contributed by atoms with Crippen molar-refractivity contribution in [3.8, 4) is 0 Å². The second kappa shape index (κ2) is 2.74. The first-order valence-electron chi connectivity index (χ1n) is 6.40. The second-order valence-corrected chi connectivity index (χ2v) is 7.40. The SMILES string of the molecule is CC12CC3CC(NC(N)=O)(C1)C[C@@](C)(C3)C2. The van der Waals surface area contributed by atoms with Gasteiger partial charge in [0.1, 0.15) is 0 Å². The Labute approximate surface area is 97.2 Å². The van der Waals surface area contributed by atoms with E-state index in [1.165, 1.54) is 19.3 Å². The van der Waals surface area contributed by atoms with Gasteiger partial charge in [-0.15, -0.1) is 0 Å². The molecule has 0 aromatic heterocycles. The molecule has 4 saturated carbocycles. The molecule has 0 spiro atoms. The van der Waals surface area contributed by atoms with E-state index in [4.69, 9.17) is 5.73 Å². The molecule has 0 aromatic carbocycles. The molecule has 3 nitrogen and oxygen atoms in total. The Balaban J connectivity index is 1.95. The summed E-state index contributed by atoms with van der Waals surface area (Å²) in [5, 5.41) is 3.08. The number of carbonyl (C=O) groups is 1. The minimum absolute atomic E-state index is 0.0226. The molecule has 0 radical (unpaired) electrons. The second-order valence-electron chi connectivity index (χ2n) is 7.40. The van der Waals surface area contributed by atoms with Crippen molar-refractivity contribution in [2.45, 2.75) is 57.9 Å². The van der Waals surface area contributed by atoms with Crippen molar-refractivity contribution < 1.29 is 4.79 Å². The van der Waals surface area contributed by atoms with Gasteiger partial charge in [0.05, 0.1) is 0 Å². The lowest BCUT2D eigenvalue weighted by Gasteiger charge is -2.65. The van der Waals surface area contributed by atoms with Crippen LogP contribution in [0.25, 0.3) is 0 Å². The third-order valence-electron chi connectivity index (χ3n) is 5.01. The quantitative estimate of drug-likeness (QED) is 0.703. The van der Waals surface area contributed by atoms with Gasteiger partial charge in [-0.25, -0.2) is 4.79 Å². The topological polar surface area (TPSA) is 55.1 Å². The number of hydrogen-bond acceptors (Lipinski definition) is 1. The normalized spacial score (nSPS) is 54.0. The molecular weight excluding hydrogens is 200 g/mol. The van der Waals surface area contributed by atoms with Crippen LogP contribution in [-0.4, -0.2) is 11.6 Å². The molecule has 4 aliphatic rings. The molecule has 4 bridgehead atoms. The van der Waals surface area contributed by atoms with E-state index in [-0.39, 0.29) is 11.6 Å². The fourth-order valence-electron chi connectivity index (χ4n) is 5.85. The van der Waals surface area contributed by atoms with Crippen LogP contribution < -0.4 is 11.1 Å². The molecule has 16 heavy (non-hydrogen) atoms. The van der Waals surface area contributed by atoms with Crippen LogP contribution >= 0.6 is 0 Å². The van der Waals surface area contributed by atoms with Crippen molar-refractivity contribution in [2.24, 2.45) is 22.5 Å². The van der Waals surface area contributed by atoms with Crippen LogP contribution in [0.2, 0.25) is 0 Å². The van der Waals surface area contributed by atoms with Gasteiger partial charge in [-0.05, 0) is 55.3 Å². The summed E-state index contributed by atoms with van der Waals surface area (Å²) in [6.07, 6.45) is 7.46. The largest absolute Gasteiger partial charge is 0.352 e. The van der Waals surface area contributed by atoms with Crippen molar-refractivity contribution in [3.05, 3.63) is 0 Å². The standard InChI is InChI=1S/C13H22N2O/c1-11-3-9-4-12(2,6-11)8-13(5-9,7-11)15-10(14)16/h9H,3-8H2,1-2H3,(H3,14,15,16)/t9?,11-,12?,13?/m0/s1. The molecule has 0 heterocycles. The van der Waals surface area contributed by atoms with Gasteiger partial charge in [0.15, 0.2) is 0 Å². The maximum atomic E-state index is 11.2. The lowest BCUT2D eigenvalue weighted by Crippen LogP contribution is -2.65. The van der Waals surface area contributed by atoms with Crippen molar-refractivity contribution in [1.82, 2.24) is 5.32 Å². The van der Waals surface area contributed by atoms with Crippen LogP contribution in [-0.2, 0) is 0 Å². The molecule has 4 atom stereocenters. The van der Waals surface area contributed by atoms with Crippen LogP contribution in [0.1, 0.15) is 52.4 Å². The summed E-state index contributed by atoms with van der Waals surface area (Å²) in [6, 6.07) is -0.339.